The number of ether oxygens (including phenoxy) is 1. The molecule has 0 aliphatic carbocycles. The minimum absolute atomic E-state index is 0.00560. The molecule has 2 fully saturated rings. The summed E-state index contributed by atoms with van der Waals surface area (Å²) in [5.74, 6) is 0.499. The molecule has 2 aliphatic rings. The predicted octanol–water partition coefficient (Wildman–Crippen LogP) is 0.552. The normalized spacial score (nSPS) is 19.5. The first-order valence-electron chi connectivity index (χ1n) is 14.7. The maximum Gasteiger partial charge on any atom is 0.349 e. The molecule has 0 saturated carbocycles. The molecule has 13 heteroatoms. The van der Waals surface area contributed by atoms with Crippen LogP contribution in [0.4, 0.5) is 17.2 Å². The van der Waals surface area contributed by atoms with Gasteiger partial charge in [0.2, 0.25) is 0 Å². The lowest BCUT2D eigenvalue weighted by atomic mass is 10.1. The zero-order valence-corrected chi connectivity index (χ0v) is 24.1. The van der Waals surface area contributed by atoms with Crippen molar-refractivity contribution < 1.29 is 4.74 Å². The van der Waals surface area contributed by atoms with E-state index in [1.807, 2.05) is 6.07 Å². The van der Waals surface area contributed by atoms with E-state index < -0.39 is 0 Å². The Kier molecular flexibility index (Phi) is 11.6. The second-order valence-corrected chi connectivity index (χ2v) is 10.8. The number of likely N-dealkylation sites (N-methyl/N-ethyl adjacent to an activating group) is 1. The highest BCUT2D eigenvalue weighted by molar-refractivity contribution is 5.74. The molecule has 1 aromatic carbocycles. The van der Waals surface area contributed by atoms with Gasteiger partial charge in [0.25, 0.3) is 0 Å². The number of benzene rings is 1. The Bertz CT molecular complexity index is 1130. The van der Waals surface area contributed by atoms with Crippen LogP contribution in [0.3, 0.4) is 0 Å². The van der Waals surface area contributed by atoms with Gasteiger partial charge in [-0.1, -0.05) is 0 Å². The van der Waals surface area contributed by atoms with Crippen LogP contribution in [0, 0.1) is 5.41 Å². The molecule has 2 aliphatic heterocycles. The SMILES string of the molecule is CN1CCN(c2ccc(NC3OC3Nc3ccn(CCCC(CCCNC(=N)N)NCCCN)c(=O)n3)cc2)CC1. The molecular weight excluding hydrogens is 522 g/mol. The lowest BCUT2D eigenvalue weighted by Crippen LogP contribution is -2.44. The fraction of sp³-hybridized carbons (Fsp3) is 0.607. The van der Waals surface area contributed by atoms with Crippen molar-refractivity contribution in [3.8, 4) is 0 Å². The van der Waals surface area contributed by atoms with Gasteiger partial charge in [-0.05, 0) is 82.6 Å². The Hall–Kier alpha value is -3.39. The highest BCUT2D eigenvalue weighted by Gasteiger charge is 2.39. The second-order valence-electron chi connectivity index (χ2n) is 10.8. The summed E-state index contributed by atoms with van der Waals surface area (Å²) in [7, 11) is 2.16. The van der Waals surface area contributed by atoms with Gasteiger partial charge in [-0.15, -0.1) is 0 Å². The lowest BCUT2D eigenvalue weighted by Gasteiger charge is -2.34. The Labute approximate surface area is 242 Å². The summed E-state index contributed by atoms with van der Waals surface area (Å²) in [6, 6.07) is 10.6. The molecule has 0 radical (unpaired) electrons. The molecule has 41 heavy (non-hydrogen) atoms. The monoisotopic (exact) mass is 569 g/mol. The van der Waals surface area contributed by atoms with E-state index in [0.29, 0.717) is 31.5 Å². The average Bonchev–Trinajstić information content (AvgIpc) is 3.69. The second kappa shape index (κ2) is 15.6. The fourth-order valence-corrected chi connectivity index (χ4v) is 4.99. The number of epoxide rings is 1. The van der Waals surface area contributed by atoms with Gasteiger partial charge in [0, 0.05) is 62.9 Å². The van der Waals surface area contributed by atoms with Crippen LogP contribution in [0.1, 0.15) is 32.1 Å². The maximum atomic E-state index is 12.6. The van der Waals surface area contributed by atoms with Gasteiger partial charge in [0.1, 0.15) is 5.82 Å². The van der Waals surface area contributed by atoms with Crippen molar-refractivity contribution in [2.75, 3.05) is 68.4 Å². The van der Waals surface area contributed by atoms with E-state index in [4.69, 9.17) is 21.6 Å². The van der Waals surface area contributed by atoms with E-state index in [1.165, 1.54) is 5.69 Å². The van der Waals surface area contributed by atoms with Gasteiger partial charge in [-0.3, -0.25) is 9.98 Å². The van der Waals surface area contributed by atoms with Gasteiger partial charge in [0.05, 0.1) is 0 Å². The van der Waals surface area contributed by atoms with Crippen LogP contribution in [-0.2, 0) is 11.3 Å². The Morgan fingerprint density at radius 2 is 1.78 bits per heavy atom. The molecule has 1 aromatic heterocycles. The summed E-state index contributed by atoms with van der Waals surface area (Å²) in [6.07, 6.45) is 5.92. The zero-order chi connectivity index (χ0) is 29.0. The van der Waals surface area contributed by atoms with Crippen LogP contribution in [0.5, 0.6) is 0 Å². The smallest absolute Gasteiger partial charge is 0.349 e. The van der Waals surface area contributed by atoms with Crippen molar-refractivity contribution >= 4 is 23.2 Å². The van der Waals surface area contributed by atoms with Crippen LogP contribution in [0.2, 0.25) is 0 Å². The van der Waals surface area contributed by atoms with Gasteiger partial charge in [-0.2, -0.15) is 4.98 Å². The lowest BCUT2D eigenvalue weighted by molar-refractivity contribution is 0.313. The third-order valence-electron chi connectivity index (χ3n) is 7.51. The first-order valence-corrected chi connectivity index (χ1v) is 14.7. The number of rotatable bonds is 17. The highest BCUT2D eigenvalue weighted by atomic mass is 16.6. The van der Waals surface area contributed by atoms with Gasteiger partial charge >= 0.3 is 5.69 Å². The minimum atomic E-state index is -0.280. The fourth-order valence-electron chi connectivity index (χ4n) is 4.99. The summed E-state index contributed by atoms with van der Waals surface area (Å²) < 4.78 is 7.36. The largest absolute Gasteiger partial charge is 0.370 e. The van der Waals surface area contributed by atoms with Gasteiger partial charge in [0.15, 0.2) is 18.4 Å². The summed E-state index contributed by atoms with van der Waals surface area (Å²) >= 11 is 0. The zero-order valence-electron chi connectivity index (χ0n) is 24.1. The van der Waals surface area contributed by atoms with Crippen LogP contribution in [-0.4, -0.2) is 91.8 Å². The van der Waals surface area contributed by atoms with Crippen molar-refractivity contribution in [1.29, 1.82) is 5.41 Å². The van der Waals surface area contributed by atoms with E-state index in [2.05, 4.69) is 67.4 Å². The summed E-state index contributed by atoms with van der Waals surface area (Å²) in [4.78, 5) is 21.6. The first-order chi connectivity index (χ1) is 19.9. The predicted molar refractivity (Wildman–Crippen MR) is 164 cm³/mol. The maximum absolute atomic E-state index is 12.6. The number of aryl methyl sites for hydroxylation is 1. The average molecular weight is 570 g/mol. The van der Waals surface area contributed by atoms with Crippen molar-refractivity contribution in [2.24, 2.45) is 11.5 Å². The van der Waals surface area contributed by atoms with Crippen LogP contribution in [0.15, 0.2) is 41.3 Å². The van der Waals surface area contributed by atoms with Crippen LogP contribution >= 0.6 is 0 Å². The molecule has 2 aromatic rings. The molecule has 0 spiro atoms. The van der Waals surface area contributed by atoms with Gasteiger partial charge in [-0.25, -0.2) is 4.79 Å². The van der Waals surface area contributed by atoms with E-state index in [0.717, 1.165) is 70.5 Å². The molecule has 4 rings (SSSR count). The highest BCUT2D eigenvalue weighted by Crippen LogP contribution is 2.26. The molecule has 0 bridgehead atoms. The summed E-state index contributed by atoms with van der Waals surface area (Å²) in [6.45, 7) is 7.04. The number of nitrogens with one attached hydrogen (secondary N) is 5. The van der Waals surface area contributed by atoms with Crippen LogP contribution < -0.4 is 43.3 Å². The Morgan fingerprint density at radius 3 is 2.49 bits per heavy atom. The van der Waals surface area contributed by atoms with Crippen molar-refractivity contribution in [2.45, 2.75) is 57.1 Å². The molecule has 9 N–H and O–H groups in total. The number of aromatic nitrogens is 2. The summed E-state index contributed by atoms with van der Waals surface area (Å²) in [5.41, 5.74) is 12.9. The number of hydrogen-bond acceptors (Lipinski definition) is 10. The van der Waals surface area contributed by atoms with E-state index in [9.17, 15) is 4.79 Å². The van der Waals surface area contributed by atoms with E-state index in [-0.39, 0.29) is 24.1 Å². The topological polar surface area (TPSA) is 178 Å². The number of nitrogens with two attached hydrogens (primary N) is 2. The molecule has 3 atom stereocenters. The van der Waals surface area contributed by atoms with Crippen LogP contribution in [0.25, 0.3) is 0 Å². The van der Waals surface area contributed by atoms with E-state index in [1.54, 1.807) is 10.8 Å². The Balaban J connectivity index is 1.18. The molecule has 3 unspecified atom stereocenters. The molecule has 0 amide bonds. The third-order valence-corrected chi connectivity index (χ3v) is 7.51. The molecule has 226 valence electrons. The number of guanidine groups is 1. The minimum Gasteiger partial charge on any atom is -0.370 e. The number of hydrogen-bond donors (Lipinski definition) is 7. The number of anilines is 3. The van der Waals surface area contributed by atoms with Crippen molar-refractivity contribution in [3.05, 3.63) is 47.0 Å². The van der Waals surface area contributed by atoms with E-state index >= 15 is 0 Å². The quantitative estimate of drug-likeness (QED) is 0.0612. The molecule has 2 saturated heterocycles. The third kappa shape index (κ3) is 10.2. The number of piperazine rings is 1. The number of nitrogens with zero attached hydrogens (tertiary/aromatic N) is 4. The first kappa shape index (κ1) is 30.6. The summed E-state index contributed by atoms with van der Waals surface area (Å²) in [5, 5.41) is 20.2. The standard InChI is InChI=1S/C28H47N11O2/c1-37-17-19-38(20-18-37)23-9-7-22(8-10-23)34-25-26(41-25)35-24-11-16-39(28(40)36-24)15-3-6-21(32-14-4-12-29)5-2-13-33-27(30)31/h7-11,16,21,25-26,32,34H,2-6,12-15,17-20,29H2,1H3,(H4,30,31,33)(H,35,36,40). The molecule has 13 nitrogen and oxygen atoms in total. The Morgan fingerprint density at radius 1 is 1.05 bits per heavy atom. The molecular formula is C28H47N11O2. The van der Waals surface area contributed by atoms with Gasteiger partial charge < -0.3 is 47.3 Å². The van der Waals surface area contributed by atoms with Crippen molar-refractivity contribution in [1.82, 2.24) is 25.1 Å². The molecule has 3 heterocycles. The van der Waals surface area contributed by atoms with Crippen molar-refractivity contribution in [3.63, 3.8) is 0 Å².